The number of morpholine rings is 1. The van der Waals surface area contributed by atoms with Crippen LogP contribution in [0, 0.1) is 0 Å². The Hall–Kier alpha value is -0.0900. The van der Waals surface area contributed by atoms with E-state index in [0.29, 0.717) is 6.61 Å². The Labute approximate surface area is 74.8 Å². The standard InChI is InChI=1S/C7H12BrNO2/c1-6(10)9-2-3-11-7(4-8)5-9/h7H,2-5H2,1H3. The van der Waals surface area contributed by atoms with Crippen LogP contribution in [0.5, 0.6) is 0 Å². The first kappa shape index (κ1) is 9.00. The van der Waals surface area contributed by atoms with Gasteiger partial charge in [-0.25, -0.2) is 0 Å². The quantitative estimate of drug-likeness (QED) is 0.609. The van der Waals surface area contributed by atoms with Gasteiger partial charge >= 0.3 is 0 Å². The normalized spacial score (nSPS) is 25.3. The largest absolute Gasteiger partial charge is 0.374 e. The topological polar surface area (TPSA) is 29.5 Å². The maximum absolute atomic E-state index is 10.9. The molecule has 0 aliphatic carbocycles. The first-order valence-electron chi connectivity index (χ1n) is 3.67. The molecule has 1 rings (SSSR count). The summed E-state index contributed by atoms with van der Waals surface area (Å²) in [6.45, 7) is 3.71. The highest BCUT2D eigenvalue weighted by atomic mass is 79.9. The predicted molar refractivity (Wildman–Crippen MR) is 45.8 cm³/mol. The van der Waals surface area contributed by atoms with Crippen LogP contribution in [0.2, 0.25) is 0 Å². The van der Waals surface area contributed by atoms with Gasteiger partial charge in [-0.05, 0) is 0 Å². The minimum atomic E-state index is 0.138. The van der Waals surface area contributed by atoms with E-state index in [4.69, 9.17) is 4.74 Å². The molecule has 1 fully saturated rings. The molecule has 3 nitrogen and oxygen atoms in total. The molecule has 0 aromatic carbocycles. The van der Waals surface area contributed by atoms with Crippen molar-refractivity contribution in [3.63, 3.8) is 0 Å². The van der Waals surface area contributed by atoms with E-state index in [1.807, 2.05) is 4.90 Å². The molecule has 0 bridgehead atoms. The number of ether oxygens (including phenoxy) is 1. The van der Waals surface area contributed by atoms with Crippen LogP contribution in [-0.2, 0) is 9.53 Å². The molecule has 1 saturated heterocycles. The highest BCUT2D eigenvalue weighted by molar-refractivity contribution is 9.09. The molecule has 1 unspecified atom stereocenters. The van der Waals surface area contributed by atoms with Gasteiger partial charge in [0, 0.05) is 25.3 Å². The molecule has 0 aromatic heterocycles. The number of carbonyl (C=O) groups excluding carboxylic acids is 1. The summed E-state index contributed by atoms with van der Waals surface area (Å²) in [5, 5.41) is 0.802. The number of nitrogens with zero attached hydrogens (tertiary/aromatic N) is 1. The Morgan fingerprint density at radius 2 is 2.55 bits per heavy atom. The summed E-state index contributed by atoms with van der Waals surface area (Å²) in [6.07, 6.45) is 0.174. The van der Waals surface area contributed by atoms with Crippen molar-refractivity contribution < 1.29 is 9.53 Å². The number of alkyl halides is 1. The Bertz CT molecular complexity index is 151. The first-order chi connectivity index (χ1) is 5.24. The van der Waals surface area contributed by atoms with Gasteiger partial charge in [0.2, 0.25) is 5.91 Å². The molecule has 0 N–H and O–H groups in total. The Kier molecular flexibility index (Phi) is 3.33. The van der Waals surface area contributed by atoms with Crippen LogP contribution in [-0.4, -0.2) is 41.9 Å². The average molecular weight is 222 g/mol. The molecule has 1 heterocycles. The second-order valence-electron chi connectivity index (χ2n) is 2.61. The van der Waals surface area contributed by atoms with Crippen LogP contribution in [0.25, 0.3) is 0 Å². The molecule has 0 radical (unpaired) electrons. The van der Waals surface area contributed by atoms with Crippen molar-refractivity contribution in [3.05, 3.63) is 0 Å². The summed E-state index contributed by atoms with van der Waals surface area (Å²) in [7, 11) is 0. The molecule has 1 atom stereocenters. The van der Waals surface area contributed by atoms with E-state index in [1.54, 1.807) is 6.92 Å². The zero-order valence-electron chi connectivity index (χ0n) is 6.55. The van der Waals surface area contributed by atoms with Crippen molar-refractivity contribution in [3.8, 4) is 0 Å². The van der Waals surface area contributed by atoms with E-state index < -0.39 is 0 Å². The van der Waals surface area contributed by atoms with Gasteiger partial charge in [-0.3, -0.25) is 4.79 Å². The van der Waals surface area contributed by atoms with Crippen molar-refractivity contribution in [2.45, 2.75) is 13.0 Å². The van der Waals surface area contributed by atoms with Crippen LogP contribution in [0.15, 0.2) is 0 Å². The van der Waals surface area contributed by atoms with Crippen LogP contribution >= 0.6 is 15.9 Å². The van der Waals surface area contributed by atoms with Gasteiger partial charge in [0.05, 0.1) is 12.7 Å². The van der Waals surface area contributed by atoms with Crippen molar-refractivity contribution in [2.24, 2.45) is 0 Å². The van der Waals surface area contributed by atoms with E-state index in [2.05, 4.69) is 15.9 Å². The number of amides is 1. The van der Waals surface area contributed by atoms with Gasteiger partial charge < -0.3 is 9.64 Å². The van der Waals surface area contributed by atoms with Gasteiger partial charge in [-0.1, -0.05) is 15.9 Å². The van der Waals surface area contributed by atoms with Crippen molar-refractivity contribution in [1.29, 1.82) is 0 Å². The van der Waals surface area contributed by atoms with E-state index >= 15 is 0 Å². The average Bonchev–Trinajstić information content (AvgIpc) is 2.05. The third-order valence-corrected chi connectivity index (χ3v) is 2.48. The smallest absolute Gasteiger partial charge is 0.219 e. The number of hydrogen-bond acceptors (Lipinski definition) is 2. The summed E-state index contributed by atoms with van der Waals surface area (Å²) in [6, 6.07) is 0. The van der Waals surface area contributed by atoms with Gasteiger partial charge in [-0.15, -0.1) is 0 Å². The van der Waals surface area contributed by atoms with E-state index in [1.165, 1.54) is 0 Å². The molecule has 1 aliphatic heterocycles. The predicted octanol–water partition coefficient (Wildman–Crippen LogP) is 0.629. The van der Waals surface area contributed by atoms with Crippen LogP contribution in [0.1, 0.15) is 6.92 Å². The van der Waals surface area contributed by atoms with E-state index in [0.717, 1.165) is 18.4 Å². The number of hydrogen-bond donors (Lipinski definition) is 0. The summed E-state index contributed by atoms with van der Waals surface area (Å²) >= 11 is 3.32. The van der Waals surface area contributed by atoms with Crippen LogP contribution in [0.4, 0.5) is 0 Å². The summed E-state index contributed by atoms with van der Waals surface area (Å²) in [4.78, 5) is 12.7. The van der Waals surface area contributed by atoms with Crippen molar-refractivity contribution in [2.75, 3.05) is 25.0 Å². The van der Waals surface area contributed by atoms with Gasteiger partial charge in [0.1, 0.15) is 0 Å². The van der Waals surface area contributed by atoms with Crippen molar-refractivity contribution in [1.82, 2.24) is 4.90 Å². The second-order valence-corrected chi connectivity index (χ2v) is 3.26. The molecular formula is C7H12BrNO2. The highest BCUT2D eigenvalue weighted by Gasteiger charge is 2.20. The molecule has 4 heteroatoms. The minimum Gasteiger partial charge on any atom is -0.374 e. The highest BCUT2D eigenvalue weighted by Crippen LogP contribution is 2.07. The van der Waals surface area contributed by atoms with Crippen LogP contribution < -0.4 is 0 Å². The minimum absolute atomic E-state index is 0.138. The number of halogens is 1. The number of carbonyl (C=O) groups is 1. The summed E-state index contributed by atoms with van der Waals surface area (Å²) in [5.74, 6) is 0.138. The molecule has 64 valence electrons. The Morgan fingerprint density at radius 1 is 1.82 bits per heavy atom. The van der Waals surface area contributed by atoms with Gasteiger partial charge in [0.25, 0.3) is 0 Å². The van der Waals surface area contributed by atoms with E-state index in [9.17, 15) is 4.79 Å². The lowest BCUT2D eigenvalue weighted by Crippen LogP contribution is -2.45. The molecule has 1 aliphatic rings. The second kappa shape index (κ2) is 4.07. The fourth-order valence-electron chi connectivity index (χ4n) is 1.10. The molecule has 0 aromatic rings. The first-order valence-corrected chi connectivity index (χ1v) is 4.79. The summed E-state index contributed by atoms with van der Waals surface area (Å²) in [5.41, 5.74) is 0. The van der Waals surface area contributed by atoms with E-state index in [-0.39, 0.29) is 12.0 Å². The van der Waals surface area contributed by atoms with Gasteiger partial charge in [-0.2, -0.15) is 0 Å². The fourth-order valence-corrected chi connectivity index (χ4v) is 1.49. The maximum atomic E-state index is 10.9. The monoisotopic (exact) mass is 221 g/mol. The van der Waals surface area contributed by atoms with Gasteiger partial charge in [0.15, 0.2) is 0 Å². The Balaban J connectivity index is 2.39. The molecule has 0 saturated carbocycles. The fraction of sp³-hybridized carbons (Fsp3) is 0.857. The molecule has 1 amide bonds. The molecular weight excluding hydrogens is 210 g/mol. The lowest BCUT2D eigenvalue weighted by Gasteiger charge is -2.31. The maximum Gasteiger partial charge on any atom is 0.219 e. The third-order valence-electron chi connectivity index (χ3n) is 1.76. The molecule has 11 heavy (non-hydrogen) atoms. The van der Waals surface area contributed by atoms with Crippen molar-refractivity contribution >= 4 is 21.8 Å². The third kappa shape index (κ3) is 2.45. The number of rotatable bonds is 1. The zero-order valence-corrected chi connectivity index (χ0v) is 8.13. The summed E-state index contributed by atoms with van der Waals surface area (Å²) < 4.78 is 5.37. The Morgan fingerprint density at radius 3 is 3.09 bits per heavy atom. The lowest BCUT2D eigenvalue weighted by atomic mass is 10.3. The zero-order chi connectivity index (χ0) is 8.27. The SMILES string of the molecule is CC(=O)N1CCOC(CBr)C1. The lowest BCUT2D eigenvalue weighted by molar-refractivity contribution is -0.135. The van der Waals surface area contributed by atoms with Crippen LogP contribution in [0.3, 0.4) is 0 Å². The molecule has 0 spiro atoms.